The summed E-state index contributed by atoms with van der Waals surface area (Å²) in [5.41, 5.74) is 1.56. The molecule has 0 aliphatic carbocycles. The number of nitrogens with one attached hydrogen (secondary N) is 2. The van der Waals surface area contributed by atoms with E-state index < -0.39 is 16.1 Å². The van der Waals surface area contributed by atoms with E-state index in [0.29, 0.717) is 22.8 Å². The summed E-state index contributed by atoms with van der Waals surface area (Å²) in [6.45, 7) is 4.94. The van der Waals surface area contributed by atoms with E-state index in [9.17, 15) is 8.42 Å². The van der Waals surface area contributed by atoms with Crippen LogP contribution in [-0.2, 0) is 10.0 Å². The Morgan fingerprint density at radius 2 is 1.83 bits per heavy atom. The van der Waals surface area contributed by atoms with Crippen LogP contribution in [0.4, 0.5) is 0 Å². The molecular formula is C15H17N5O3S. The molecule has 0 spiro atoms. The fourth-order valence-corrected chi connectivity index (χ4v) is 4.03. The second-order valence-corrected chi connectivity index (χ2v) is 7.04. The van der Waals surface area contributed by atoms with E-state index >= 15 is 0 Å². The SMILES string of the molecule is Cc1nnc(C(NS(=O)(=O)c2c(C)n[nH]c2C)c2ccccc2)o1. The van der Waals surface area contributed by atoms with Crippen LogP contribution in [0.1, 0.15) is 34.8 Å². The predicted molar refractivity (Wildman–Crippen MR) is 85.7 cm³/mol. The summed E-state index contributed by atoms with van der Waals surface area (Å²) >= 11 is 0. The van der Waals surface area contributed by atoms with Gasteiger partial charge in [0.25, 0.3) is 0 Å². The number of aromatic amines is 1. The minimum absolute atomic E-state index is 0.125. The molecule has 1 atom stereocenters. The number of hydrogen-bond donors (Lipinski definition) is 2. The van der Waals surface area contributed by atoms with Gasteiger partial charge in [0, 0.05) is 6.92 Å². The number of hydrogen-bond acceptors (Lipinski definition) is 6. The molecule has 2 aromatic heterocycles. The normalized spacial score (nSPS) is 13.1. The second-order valence-electron chi connectivity index (χ2n) is 5.39. The van der Waals surface area contributed by atoms with Crippen molar-refractivity contribution in [2.24, 2.45) is 0 Å². The number of rotatable bonds is 5. The molecule has 3 aromatic rings. The van der Waals surface area contributed by atoms with E-state index in [1.807, 2.05) is 18.2 Å². The van der Waals surface area contributed by atoms with Crippen molar-refractivity contribution in [1.29, 1.82) is 0 Å². The predicted octanol–water partition coefficient (Wildman–Crippen LogP) is 1.79. The third-order valence-electron chi connectivity index (χ3n) is 3.52. The summed E-state index contributed by atoms with van der Waals surface area (Å²) in [5.74, 6) is 0.543. The lowest BCUT2D eigenvalue weighted by atomic mass is 10.1. The molecule has 0 saturated heterocycles. The summed E-state index contributed by atoms with van der Waals surface area (Å²) in [6, 6.07) is 8.27. The van der Waals surface area contributed by atoms with Gasteiger partial charge in [0.2, 0.25) is 21.8 Å². The van der Waals surface area contributed by atoms with Gasteiger partial charge in [-0.15, -0.1) is 10.2 Å². The van der Waals surface area contributed by atoms with E-state index in [1.54, 1.807) is 32.9 Å². The monoisotopic (exact) mass is 347 g/mol. The molecule has 24 heavy (non-hydrogen) atoms. The van der Waals surface area contributed by atoms with Gasteiger partial charge in [0.1, 0.15) is 10.9 Å². The third-order valence-corrected chi connectivity index (χ3v) is 5.21. The van der Waals surface area contributed by atoms with Gasteiger partial charge in [-0.05, 0) is 19.4 Å². The molecule has 2 heterocycles. The van der Waals surface area contributed by atoms with Crippen LogP contribution >= 0.6 is 0 Å². The Hall–Kier alpha value is -2.52. The molecule has 0 amide bonds. The second kappa shape index (κ2) is 6.17. The fraction of sp³-hybridized carbons (Fsp3) is 0.267. The van der Waals surface area contributed by atoms with Crippen LogP contribution in [0.5, 0.6) is 0 Å². The maximum absolute atomic E-state index is 12.8. The molecule has 0 saturated carbocycles. The van der Waals surface area contributed by atoms with Gasteiger partial charge in [-0.3, -0.25) is 5.10 Å². The molecule has 8 nitrogen and oxygen atoms in total. The van der Waals surface area contributed by atoms with Gasteiger partial charge < -0.3 is 4.42 Å². The molecule has 3 rings (SSSR count). The maximum atomic E-state index is 12.8. The Morgan fingerprint density at radius 1 is 1.12 bits per heavy atom. The van der Waals surface area contributed by atoms with Gasteiger partial charge in [-0.25, -0.2) is 8.42 Å². The molecule has 0 bridgehead atoms. The average Bonchev–Trinajstić information content (AvgIpc) is 3.12. The van der Waals surface area contributed by atoms with Crippen molar-refractivity contribution in [3.63, 3.8) is 0 Å². The Kier molecular flexibility index (Phi) is 4.20. The molecule has 126 valence electrons. The number of benzene rings is 1. The summed E-state index contributed by atoms with van der Waals surface area (Å²) in [4.78, 5) is 0.125. The van der Waals surface area contributed by atoms with E-state index in [-0.39, 0.29) is 10.8 Å². The molecular weight excluding hydrogens is 330 g/mol. The van der Waals surface area contributed by atoms with Crippen molar-refractivity contribution in [1.82, 2.24) is 25.1 Å². The van der Waals surface area contributed by atoms with Gasteiger partial charge >= 0.3 is 0 Å². The molecule has 2 N–H and O–H groups in total. The van der Waals surface area contributed by atoms with E-state index in [1.165, 1.54) is 0 Å². The van der Waals surface area contributed by atoms with Gasteiger partial charge in [-0.2, -0.15) is 9.82 Å². The smallest absolute Gasteiger partial charge is 0.245 e. The summed E-state index contributed by atoms with van der Waals surface area (Å²) in [5, 5.41) is 14.4. The lowest BCUT2D eigenvalue weighted by Crippen LogP contribution is -2.30. The van der Waals surface area contributed by atoms with Gasteiger partial charge in [0.15, 0.2) is 0 Å². The lowest BCUT2D eigenvalue weighted by Gasteiger charge is -2.16. The van der Waals surface area contributed by atoms with Crippen molar-refractivity contribution in [2.45, 2.75) is 31.7 Å². The first-order valence-electron chi connectivity index (χ1n) is 7.27. The van der Waals surface area contributed by atoms with Crippen LogP contribution < -0.4 is 4.72 Å². The van der Waals surface area contributed by atoms with Crippen LogP contribution in [0.25, 0.3) is 0 Å². The molecule has 1 unspecified atom stereocenters. The summed E-state index contributed by atoms with van der Waals surface area (Å²) < 4.78 is 33.8. The van der Waals surface area contributed by atoms with E-state index in [4.69, 9.17) is 4.42 Å². The number of aryl methyl sites for hydroxylation is 3. The summed E-state index contributed by atoms with van der Waals surface area (Å²) in [6.07, 6.45) is 0. The molecule has 0 aliphatic heterocycles. The lowest BCUT2D eigenvalue weighted by molar-refractivity contribution is 0.436. The molecule has 0 aliphatic rings. The highest BCUT2D eigenvalue weighted by Crippen LogP contribution is 2.25. The Bertz CT molecular complexity index is 927. The Morgan fingerprint density at radius 3 is 2.38 bits per heavy atom. The minimum Gasteiger partial charge on any atom is -0.423 e. The summed E-state index contributed by atoms with van der Waals surface area (Å²) in [7, 11) is -3.84. The standard InChI is InChI=1S/C15H17N5O3S/c1-9-14(10(2)17-16-9)24(21,22)20-13(12-7-5-4-6-8-12)15-19-18-11(3)23-15/h4-8,13,20H,1-3H3,(H,16,17). The van der Waals surface area contributed by atoms with Gasteiger partial charge in [0.05, 0.1) is 11.4 Å². The van der Waals surface area contributed by atoms with Crippen LogP contribution in [0.3, 0.4) is 0 Å². The van der Waals surface area contributed by atoms with Crippen LogP contribution in [0, 0.1) is 20.8 Å². The molecule has 9 heteroatoms. The molecule has 0 radical (unpaired) electrons. The van der Waals surface area contributed by atoms with Crippen LogP contribution in [-0.4, -0.2) is 28.8 Å². The number of aromatic nitrogens is 4. The Labute approximate surface area is 139 Å². The van der Waals surface area contributed by atoms with Gasteiger partial charge in [-0.1, -0.05) is 30.3 Å². The molecule has 1 aromatic carbocycles. The van der Waals surface area contributed by atoms with E-state index in [0.717, 1.165) is 0 Å². The van der Waals surface area contributed by atoms with Crippen molar-refractivity contribution in [2.75, 3.05) is 0 Å². The van der Waals surface area contributed by atoms with Crippen molar-refractivity contribution in [3.05, 3.63) is 59.1 Å². The highest BCUT2D eigenvalue weighted by Gasteiger charge is 2.30. The first-order valence-corrected chi connectivity index (χ1v) is 8.75. The average molecular weight is 347 g/mol. The molecule has 0 fully saturated rings. The largest absolute Gasteiger partial charge is 0.423 e. The zero-order valence-electron chi connectivity index (χ0n) is 13.4. The number of sulfonamides is 1. The Balaban J connectivity index is 2.04. The number of H-pyrrole nitrogens is 1. The first kappa shape index (κ1) is 16.3. The van der Waals surface area contributed by atoms with E-state index in [2.05, 4.69) is 25.1 Å². The fourth-order valence-electron chi connectivity index (χ4n) is 2.49. The topological polar surface area (TPSA) is 114 Å². The zero-order chi connectivity index (χ0) is 17.3. The maximum Gasteiger partial charge on any atom is 0.245 e. The zero-order valence-corrected chi connectivity index (χ0v) is 14.3. The quantitative estimate of drug-likeness (QED) is 0.727. The first-order chi connectivity index (χ1) is 11.4. The van der Waals surface area contributed by atoms with Crippen LogP contribution in [0.2, 0.25) is 0 Å². The van der Waals surface area contributed by atoms with Crippen molar-refractivity contribution in [3.8, 4) is 0 Å². The highest BCUT2D eigenvalue weighted by molar-refractivity contribution is 7.89. The van der Waals surface area contributed by atoms with Crippen molar-refractivity contribution < 1.29 is 12.8 Å². The highest BCUT2D eigenvalue weighted by atomic mass is 32.2. The number of nitrogens with zero attached hydrogens (tertiary/aromatic N) is 3. The third kappa shape index (κ3) is 3.08. The minimum atomic E-state index is -3.84. The van der Waals surface area contributed by atoms with Crippen LogP contribution in [0.15, 0.2) is 39.6 Å². The van der Waals surface area contributed by atoms with Crippen molar-refractivity contribution >= 4 is 10.0 Å².